The molecule has 5 rings (SSSR count). The van der Waals surface area contributed by atoms with Gasteiger partial charge in [0, 0.05) is 34.3 Å². The number of rotatable bonds is 5. The van der Waals surface area contributed by atoms with Crippen LogP contribution in [0.5, 0.6) is 5.75 Å². The van der Waals surface area contributed by atoms with Crippen LogP contribution < -0.4 is 4.74 Å². The number of halogens is 1. The van der Waals surface area contributed by atoms with Gasteiger partial charge >= 0.3 is 5.97 Å². The zero-order valence-electron chi connectivity index (χ0n) is 18.6. The molecule has 3 aromatic heterocycles. The molecule has 2 N–H and O–H groups in total. The summed E-state index contributed by atoms with van der Waals surface area (Å²) in [5.41, 5.74) is 5.18. The number of benzene rings is 1. The van der Waals surface area contributed by atoms with Crippen LogP contribution in [0, 0.1) is 5.82 Å². The molecule has 1 aliphatic rings. The fourth-order valence-electron chi connectivity index (χ4n) is 4.82. The largest absolute Gasteiger partial charge is 0.494 e. The second-order valence-electron chi connectivity index (χ2n) is 8.71. The lowest BCUT2D eigenvalue weighted by Gasteiger charge is -2.28. The lowest BCUT2D eigenvalue weighted by atomic mass is 9.88. The van der Waals surface area contributed by atoms with Gasteiger partial charge in [-0.25, -0.2) is 14.2 Å². The number of aliphatic carboxylic acids is 1. The molecule has 8 nitrogen and oxygen atoms in total. The van der Waals surface area contributed by atoms with E-state index in [1.807, 2.05) is 6.07 Å². The number of fused-ring (bicyclic) bond motifs is 2. The molecule has 1 saturated heterocycles. The van der Waals surface area contributed by atoms with Gasteiger partial charge in [0.05, 0.1) is 30.9 Å². The molecule has 0 radical (unpaired) electrons. The van der Waals surface area contributed by atoms with Gasteiger partial charge in [0.2, 0.25) is 0 Å². The summed E-state index contributed by atoms with van der Waals surface area (Å²) in [4.78, 5) is 16.3. The average Bonchev–Trinajstić information content (AvgIpc) is 3.39. The molecular formula is C24H25FN4O4. The number of hydrogen-bond donors (Lipinski definition) is 2. The van der Waals surface area contributed by atoms with Gasteiger partial charge in [0.1, 0.15) is 0 Å². The Bertz CT molecular complexity index is 1350. The van der Waals surface area contributed by atoms with Crippen molar-refractivity contribution in [2.45, 2.75) is 44.6 Å². The Balaban J connectivity index is 1.77. The molecule has 2 atom stereocenters. The number of H-pyrrole nitrogens is 1. The predicted molar refractivity (Wildman–Crippen MR) is 121 cm³/mol. The summed E-state index contributed by atoms with van der Waals surface area (Å²) in [5, 5.41) is 17.3. The standard InChI is InChI=1S/C24H25FN4O4/c1-12(2)22-20(13-4-7-18(24(30)31)33-11-13)21-17(8-14-10-26-28-23(14)27-21)29(22)15-5-6-16(25)19(9-15)32-3/h5-6,8-10,12-13,18H,4,7,11H2,1-3H3,(H,30,31)(H,26,27,28)/t13-,18+/m0/s1. The minimum absolute atomic E-state index is 0.0167. The summed E-state index contributed by atoms with van der Waals surface area (Å²) in [6, 6.07) is 6.83. The molecule has 0 saturated carbocycles. The maximum absolute atomic E-state index is 14.2. The molecule has 0 aliphatic carbocycles. The van der Waals surface area contributed by atoms with E-state index in [1.165, 1.54) is 13.2 Å². The zero-order valence-corrected chi connectivity index (χ0v) is 18.6. The molecule has 4 aromatic rings. The van der Waals surface area contributed by atoms with Crippen molar-refractivity contribution in [3.8, 4) is 11.4 Å². The average molecular weight is 452 g/mol. The van der Waals surface area contributed by atoms with Crippen LogP contribution in [-0.4, -0.2) is 50.6 Å². The molecule has 33 heavy (non-hydrogen) atoms. The van der Waals surface area contributed by atoms with Crippen LogP contribution in [0.4, 0.5) is 4.39 Å². The first-order valence-corrected chi connectivity index (χ1v) is 11.0. The highest BCUT2D eigenvalue weighted by molar-refractivity contribution is 5.93. The van der Waals surface area contributed by atoms with Crippen LogP contribution in [0.25, 0.3) is 27.8 Å². The van der Waals surface area contributed by atoms with Crippen LogP contribution in [0.3, 0.4) is 0 Å². The summed E-state index contributed by atoms with van der Waals surface area (Å²) >= 11 is 0. The minimum atomic E-state index is -0.935. The molecule has 4 heterocycles. The van der Waals surface area contributed by atoms with Gasteiger partial charge in [0.25, 0.3) is 0 Å². The van der Waals surface area contributed by atoms with Crippen molar-refractivity contribution in [3.63, 3.8) is 0 Å². The van der Waals surface area contributed by atoms with Crippen LogP contribution in [0.15, 0.2) is 30.5 Å². The maximum atomic E-state index is 14.2. The SMILES string of the molecule is COc1cc(-n2c(C(C)C)c([C@H]3CC[C@H](C(=O)O)OC3)c3nc4[nH]ncc4cc32)ccc1F. The van der Waals surface area contributed by atoms with Gasteiger partial charge in [-0.15, -0.1) is 0 Å². The molecule has 0 amide bonds. The fourth-order valence-corrected chi connectivity index (χ4v) is 4.82. The third-order valence-electron chi connectivity index (χ3n) is 6.32. The lowest BCUT2D eigenvalue weighted by Crippen LogP contribution is -2.31. The smallest absolute Gasteiger partial charge is 0.332 e. The van der Waals surface area contributed by atoms with Crippen molar-refractivity contribution in [3.05, 3.63) is 47.5 Å². The van der Waals surface area contributed by atoms with Gasteiger partial charge in [-0.05, 0) is 37.0 Å². The molecule has 0 bridgehead atoms. The van der Waals surface area contributed by atoms with Crippen LogP contribution in [-0.2, 0) is 9.53 Å². The second kappa shape index (κ2) is 8.15. The number of ether oxygens (including phenoxy) is 2. The van der Waals surface area contributed by atoms with Crippen molar-refractivity contribution < 1.29 is 23.8 Å². The molecule has 1 aromatic carbocycles. The van der Waals surface area contributed by atoms with E-state index in [4.69, 9.17) is 14.5 Å². The highest BCUT2D eigenvalue weighted by Crippen LogP contribution is 2.42. The number of carboxylic acids is 1. The third kappa shape index (κ3) is 3.52. The summed E-state index contributed by atoms with van der Waals surface area (Å²) < 4.78 is 27.2. The highest BCUT2D eigenvalue weighted by Gasteiger charge is 2.33. The number of carbonyl (C=O) groups is 1. The van der Waals surface area contributed by atoms with E-state index in [2.05, 4.69) is 28.6 Å². The Morgan fingerprint density at radius 2 is 2.15 bits per heavy atom. The van der Waals surface area contributed by atoms with Crippen molar-refractivity contribution >= 4 is 28.0 Å². The van der Waals surface area contributed by atoms with Crippen LogP contribution in [0.1, 0.15) is 49.8 Å². The summed E-state index contributed by atoms with van der Waals surface area (Å²) in [6.45, 7) is 4.50. The molecule has 172 valence electrons. The van der Waals surface area contributed by atoms with Gasteiger partial charge in [-0.3, -0.25) is 5.10 Å². The van der Waals surface area contributed by atoms with E-state index >= 15 is 0 Å². The summed E-state index contributed by atoms with van der Waals surface area (Å²) in [7, 11) is 1.44. The Morgan fingerprint density at radius 1 is 1.33 bits per heavy atom. The topological polar surface area (TPSA) is 102 Å². The highest BCUT2D eigenvalue weighted by atomic mass is 19.1. The summed E-state index contributed by atoms with van der Waals surface area (Å²) in [6.07, 6.45) is 2.04. The molecule has 0 unspecified atom stereocenters. The normalized spacial score (nSPS) is 18.9. The zero-order chi connectivity index (χ0) is 23.3. The Morgan fingerprint density at radius 3 is 2.82 bits per heavy atom. The molecular weight excluding hydrogens is 427 g/mol. The van der Waals surface area contributed by atoms with E-state index in [0.29, 0.717) is 25.1 Å². The van der Waals surface area contributed by atoms with Gasteiger partial charge < -0.3 is 19.1 Å². The fraction of sp³-hybridized carbons (Fsp3) is 0.375. The Labute approximate surface area is 189 Å². The number of carboxylic acid groups (broad SMARTS) is 1. The predicted octanol–water partition coefficient (Wildman–Crippen LogP) is 4.52. The number of aromatic amines is 1. The molecule has 1 aliphatic heterocycles. The quantitative estimate of drug-likeness (QED) is 0.462. The third-order valence-corrected chi connectivity index (χ3v) is 6.32. The summed E-state index contributed by atoms with van der Waals surface area (Å²) in [5.74, 6) is -1.11. The van der Waals surface area contributed by atoms with Crippen molar-refractivity contribution in [2.75, 3.05) is 13.7 Å². The van der Waals surface area contributed by atoms with E-state index in [1.54, 1.807) is 18.3 Å². The van der Waals surface area contributed by atoms with E-state index in [9.17, 15) is 14.3 Å². The Kier molecular flexibility index (Phi) is 5.28. The minimum Gasteiger partial charge on any atom is -0.494 e. The van der Waals surface area contributed by atoms with E-state index in [0.717, 1.165) is 33.4 Å². The van der Waals surface area contributed by atoms with E-state index < -0.39 is 17.9 Å². The number of methoxy groups -OCH3 is 1. The number of nitrogens with one attached hydrogen (secondary N) is 1. The first kappa shape index (κ1) is 21.4. The second-order valence-corrected chi connectivity index (χ2v) is 8.71. The lowest BCUT2D eigenvalue weighted by molar-refractivity contribution is -0.153. The molecule has 9 heteroatoms. The van der Waals surface area contributed by atoms with Crippen molar-refractivity contribution in [1.29, 1.82) is 0 Å². The number of nitrogens with zero attached hydrogens (tertiary/aromatic N) is 3. The van der Waals surface area contributed by atoms with Crippen molar-refractivity contribution in [1.82, 2.24) is 19.7 Å². The van der Waals surface area contributed by atoms with Crippen molar-refractivity contribution in [2.24, 2.45) is 0 Å². The molecule has 0 spiro atoms. The van der Waals surface area contributed by atoms with Gasteiger partial charge in [-0.1, -0.05) is 13.8 Å². The van der Waals surface area contributed by atoms with Gasteiger partial charge in [0.15, 0.2) is 23.3 Å². The van der Waals surface area contributed by atoms with Crippen LogP contribution >= 0.6 is 0 Å². The Hall–Kier alpha value is -3.46. The first-order chi connectivity index (χ1) is 15.9. The first-order valence-electron chi connectivity index (χ1n) is 11.0. The number of aromatic nitrogens is 4. The number of pyridine rings is 1. The number of hydrogen-bond acceptors (Lipinski definition) is 5. The monoisotopic (exact) mass is 452 g/mol. The van der Waals surface area contributed by atoms with Crippen LogP contribution in [0.2, 0.25) is 0 Å². The van der Waals surface area contributed by atoms with E-state index in [-0.39, 0.29) is 17.6 Å². The maximum Gasteiger partial charge on any atom is 0.332 e. The molecule has 1 fully saturated rings. The van der Waals surface area contributed by atoms with Gasteiger partial charge in [-0.2, -0.15) is 5.10 Å².